The van der Waals surface area contributed by atoms with Gasteiger partial charge in [-0.05, 0) is 30.2 Å². The van der Waals surface area contributed by atoms with Crippen LogP contribution in [0.4, 0.5) is 0 Å². The van der Waals surface area contributed by atoms with E-state index in [2.05, 4.69) is 20.7 Å². The molecule has 0 aliphatic heterocycles. The number of pyridine rings is 1. The lowest BCUT2D eigenvalue weighted by Gasteiger charge is -2.12. The second-order valence-corrected chi connectivity index (χ2v) is 5.66. The van der Waals surface area contributed by atoms with Gasteiger partial charge in [-0.25, -0.2) is 4.79 Å². The predicted molar refractivity (Wildman–Crippen MR) is 89.8 cm³/mol. The summed E-state index contributed by atoms with van der Waals surface area (Å²) >= 11 is 9.47. The summed E-state index contributed by atoms with van der Waals surface area (Å²) in [6.07, 6.45) is 0.668. The lowest BCUT2D eigenvalue weighted by Crippen LogP contribution is -2.23. The molecule has 0 aliphatic carbocycles. The van der Waals surface area contributed by atoms with Gasteiger partial charge in [0.1, 0.15) is 0 Å². The molecule has 2 rings (SSSR count). The first-order valence-corrected chi connectivity index (χ1v) is 8.18. The maximum Gasteiger partial charge on any atom is 0.337 e. The number of carbonyl (C=O) groups is 1. The normalized spacial score (nSPS) is 10.5. The molecule has 1 aromatic carbocycles. The van der Waals surface area contributed by atoms with Crippen LogP contribution in [0.25, 0.3) is 0 Å². The summed E-state index contributed by atoms with van der Waals surface area (Å²) in [6.45, 7) is 0.526. The number of esters is 1. The van der Waals surface area contributed by atoms with Crippen molar-refractivity contribution in [2.24, 2.45) is 0 Å². The van der Waals surface area contributed by atoms with E-state index in [-0.39, 0.29) is 11.5 Å². The molecule has 0 radical (unpaired) electrons. The van der Waals surface area contributed by atoms with E-state index in [1.165, 1.54) is 13.2 Å². The monoisotopic (exact) mass is 383 g/mol. The minimum Gasteiger partial charge on any atom is -0.465 e. The van der Waals surface area contributed by atoms with Gasteiger partial charge in [0.05, 0.1) is 23.4 Å². The zero-order chi connectivity index (χ0) is 16.1. The number of aromatic nitrogens is 1. The molecule has 0 spiro atoms. The van der Waals surface area contributed by atoms with Crippen LogP contribution in [0.1, 0.15) is 21.6 Å². The topological polar surface area (TPSA) is 48.3 Å². The van der Waals surface area contributed by atoms with Gasteiger partial charge < -0.3 is 9.30 Å². The SMILES string of the molecule is COC(=O)c1ccc(CCn2c(CBr)c(Cl)ccc2=O)cc1. The van der Waals surface area contributed by atoms with Gasteiger partial charge in [0, 0.05) is 17.9 Å². The van der Waals surface area contributed by atoms with Crippen LogP contribution in [0.5, 0.6) is 0 Å². The second-order valence-electron chi connectivity index (χ2n) is 4.69. The number of aryl methyl sites for hydroxylation is 1. The highest BCUT2D eigenvalue weighted by molar-refractivity contribution is 9.08. The molecular weight excluding hydrogens is 370 g/mol. The fourth-order valence-corrected chi connectivity index (χ4v) is 3.14. The van der Waals surface area contributed by atoms with Crippen molar-refractivity contribution >= 4 is 33.5 Å². The molecule has 0 aliphatic rings. The number of ether oxygens (including phenoxy) is 1. The Labute approximate surface area is 141 Å². The van der Waals surface area contributed by atoms with Gasteiger partial charge in [-0.2, -0.15) is 0 Å². The highest BCUT2D eigenvalue weighted by atomic mass is 79.9. The molecule has 6 heteroatoms. The largest absolute Gasteiger partial charge is 0.465 e. The number of hydrogen-bond donors (Lipinski definition) is 0. The predicted octanol–water partition coefficient (Wildman–Crippen LogP) is 3.43. The second kappa shape index (κ2) is 7.61. The molecule has 4 nitrogen and oxygen atoms in total. The number of hydrogen-bond acceptors (Lipinski definition) is 3. The van der Waals surface area contributed by atoms with Gasteiger partial charge in [-0.3, -0.25) is 4.79 Å². The number of benzene rings is 1. The van der Waals surface area contributed by atoms with E-state index in [9.17, 15) is 9.59 Å². The summed E-state index contributed by atoms with van der Waals surface area (Å²) in [6, 6.07) is 10.2. The Balaban J connectivity index is 2.15. The zero-order valence-corrected chi connectivity index (χ0v) is 14.4. The number of carbonyl (C=O) groups excluding carboxylic acids is 1. The van der Waals surface area contributed by atoms with Crippen molar-refractivity contribution in [1.82, 2.24) is 4.57 Å². The zero-order valence-electron chi connectivity index (χ0n) is 12.0. The summed E-state index contributed by atoms with van der Waals surface area (Å²) in [7, 11) is 1.35. The third kappa shape index (κ3) is 3.78. The van der Waals surface area contributed by atoms with Crippen LogP contribution in [0, 0.1) is 0 Å². The van der Waals surface area contributed by atoms with Crippen LogP contribution >= 0.6 is 27.5 Å². The minimum absolute atomic E-state index is 0.0787. The quantitative estimate of drug-likeness (QED) is 0.586. The summed E-state index contributed by atoms with van der Waals surface area (Å²) < 4.78 is 6.32. The van der Waals surface area contributed by atoms with Crippen LogP contribution in [-0.4, -0.2) is 17.6 Å². The van der Waals surface area contributed by atoms with E-state index >= 15 is 0 Å². The van der Waals surface area contributed by atoms with Gasteiger partial charge in [0.25, 0.3) is 5.56 Å². The molecular formula is C16H15BrClNO3. The van der Waals surface area contributed by atoms with Gasteiger partial charge in [-0.1, -0.05) is 39.7 Å². The molecule has 1 aromatic heterocycles. The summed E-state index contributed by atoms with van der Waals surface area (Å²) in [5, 5.41) is 1.08. The van der Waals surface area contributed by atoms with E-state index in [4.69, 9.17) is 11.6 Å². The third-order valence-electron chi connectivity index (χ3n) is 3.37. The fourth-order valence-electron chi connectivity index (χ4n) is 2.14. The van der Waals surface area contributed by atoms with Crippen molar-refractivity contribution in [2.45, 2.75) is 18.3 Å². The number of rotatable bonds is 5. The highest BCUT2D eigenvalue weighted by Crippen LogP contribution is 2.17. The molecule has 0 saturated carbocycles. The molecule has 0 bridgehead atoms. The van der Waals surface area contributed by atoms with Crippen molar-refractivity contribution in [3.05, 3.63) is 68.6 Å². The van der Waals surface area contributed by atoms with Crippen LogP contribution in [0.15, 0.2) is 41.2 Å². The first kappa shape index (κ1) is 16.8. The van der Waals surface area contributed by atoms with Crippen LogP contribution in [0.2, 0.25) is 5.02 Å². The first-order valence-electron chi connectivity index (χ1n) is 6.68. The Hall–Kier alpha value is -1.59. The Morgan fingerprint density at radius 2 is 1.91 bits per heavy atom. The standard InChI is InChI=1S/C16H15BrClNO3/c1-22-16(21)12-4-2-11(3-5-12)8-9-19-14(10-17)13(18)6-7-15(19)20/h2-7H,8-10H2,1H3. The summed E-state index contributed by atoms with van der Waals surface area (Å²) in [4.78, 5) is 23.4. The lowest BCUT2D eigenvalue weighted by atomic mass is 10.1. The van der Waals surface area contributed by atoms with Crippen molar-refractivity contribution in [3.63, 3.8) is 0 Å². The van der Waals surface area contributed by atoms with Crippen molar-refractivity contribution in [3.8, 4) is 0 Å². The third-order valence-corrected chi connectivity index (χ3v) is 4.24. The van der Waals surface area contributed by atoms with Gasteiger partial charge in [0.15, 0.2) is 0 Å². The van der Waals surface area contributed by atoms with Gasteiger partial charge in [0.2, 0.25) is 0 Å². The molecule has 0 saturated heterocycles. The number of alkyl halides is 1. The number of methoxy groups -OCH3 is 1. The van der Waals surface area contributed by atoms with Crippen LogP contribution in [0.3, 0.4) is 0 Å². The van der Waals surface area contributed by atoms with Crippen LogP contribution < -0.4 is 5.56 Å². The van der Waals surface area contributed by atoms with E-state index in [0.29, 0.717) is 28.9 Å². The van der Waals surface area contributed by atoms with Crippen molar-refractivity contribution in [2.75, 3.05) is 7.11 Å². The molecule has 116 valence electrons. The van der Waals surface area contributed by atoms with Gasteiger partial charge >= 0.3 is 5.97 Å². The van der Waals surface area contributed by atoms with E-state index in [1.54, 1.807) is 22.8 Å². The molecule has 0 unspecified atom stereocenters. The van der Waals surface area contributed by atoms with E-state index in [0.717, 1.165) is 11.3 Å². The molecule has 1 heterocycles. The molecule has 22 heavy (non-hydrogen) atoms. The average molecular weight is 385 g/mol. The van der Waals surface area contributed by atoms with E-state index in [1.807, 2.05) is 12.1 Å². The average Bonchev–Trinajstić information content (AvgIpc) is 2.55. The minimum atomic E-state index is -0.362. The van der Waals surface area contributed by atoms with Crippen molar-refractivity contribution in [1.29, 1.82) is 0 Å². The fraction of sp³-hybridized carbons (Fsp3) is 0.250. The Morgan fingerprint density at radius 1 is 1.23 bits per heavy atom. The van der Waals surface area contributed by atoms with Crippen LogP contribution in [-0.2, 0) is 23.0 Å². The molecule has 0 fully saturated rings. The maximum absolute atomic E-state index is 12.0. The maximum atomic E-state index is 12.0. The Morgan fingerprint density at radius 3 is 2.50 bits per heavy atom. The Kier molecular flexibility index (Phi) is 5.80. The van der Waals surface area contributed by atoms with Gasteiger partial charge in [-0.15, -0.1) is 0 Å². The smallest absolute Gasteiger partial charge is 0.337 e. The molecule has 2 aromatic rings. The number of nitrogens with zero attached hydrogens (tertiary/aromatic N) is 1. The first-order chi connectivity index (χ1) is 10.6. The summed E-state index contributed by atoms with van der Waals surface area (Å²) in [5.74, 6) is -0.362. The molecule has 0 amide bonds. The lowest BCUT2D eigenvalue weighted by molar-refractivity contribution is 0.0600. The Bertz CT molecular complexity index is 725. The van der Waals surface area contributed by atoms with Crippen molar-refractivity contribution < 1.29 is 9.53 Å². The number of halogens is 2. The summed E-state index contributed by atoms with van der Waals surface area (Å²) in [5.41, 5.74) is 2.22. The molecule has 0 atom stereocenters. The highest BCUT2D eigenvalue weighted by Gasteiger charge is 2.08. The molecule has 0 N–H and O–H groups in total. The van der Waals surface area contributed by atoms with E-state index < -0.39 is 0 Å².